The molecule has 1 aromatic rings. The fraction of sp³-hybridized carbons (Fsp3) is 0.562. The van der Waals surface area contributed by atoms with E-state index >= 15 is 0 Å². The molecule has 3 rings (SSSR count). The number of nitrogens with zero attached hydrogens (tertiary/aromatic N) is 2. The molecule has 20 heavy (non-hydrogen) atoms. The lowest BCUT2D eigenvalue weighted by molar-refractivity contribution is 0.181. The van der Waals surface area contributed by atoms with Gasteiger partial charge in [-0.15, -0.1) is 0 Å². The molecule has 1 heterocycles. The normalized spacial score (nSPS) is 23.4. The minimum atomic E-state index is 0.282. The van der Waals surface area contributed by atoms with Gasteiger partial charge in [0.1, 0.15) is 0 Å². The topological polar surface area (TPSA) is 50.9 Å². The Bertz CT molecular complexity index is 494. The Balaban J connectivity index is 1.89. The fourth-order valence-corrected chi connectivity index (χ4v) is 3.53. The van der Waals surface area contributed by atoms with Crippen molar-refractivity contribution in [1.82, 2.24) is 4.90 Å². The van der Waals surface area contributed by atoms with E-state index < -0.39 is 0 Å². The molecule has 108 valence electrons. The van der Waals surface area contributed by atoms with Crippen LogP contribution in [0.4, 0.5) is 0 Å². The Morgan fingerprint density at radius 1 is 1.30 bits per heavy atom. The van der Waals surface area contributed by atoms with E-state index in [0.29, 0.717) is 18.6 Å². The summed E-state index contributed by atoms with van der Waals surface area (Å²) in [6, 6.07) is 9.33. The van der Waals surface area contributed by atoms with Crippen molar-refractivity contribution in [2.75, 3.05) is 13.7 Å². The Hall–Kier alpha value is -1.55. The molecule has 0 radical (unpaired) electrons. The summed E-state index contributed by atoms with van der Waals surface area (Å²) in [7, 11) is 1.74. The third-order valence-corrected chi connectivity index (χ3v) is 4.46. The van der Waals surface area contributed by atoms with Crippen LogP contribution in [0.2, 0.25) is 0 Å². The smallest absolute Gasteiger partial charge is 0.192 e. The first-order valence-corrected chi connectivity index (χ1v) is 7.46. The van der Waals surface area contributed by atoms with E-state index in [0.717, 1.165) is 6.54 Å². The van der Waals surface area contributed by atoms with Crippen LogP contribution in [0, 0.1) is 0 Å². The predicted octanol–water partition coefficient (Wildman–Crippen LogP) is 2.45. The summed E-state index contributed by atoms with van der Waals surface area (Å²) in [5, 5.41) is 0. The van der Waals surface area contributed by atoms with E-state index in [1.807, 2.05) is 0 Å². The predicted molar refractivity (Wildman–Crippen MR) is 80.5 cm³/mol. The largest absolute Gasteiger partial charge is 0.380 e. The number of hydrogen-bond acceptors (Lipinski definition) is 4. The van der Waals surface area contributed by atoms with Gasteiger partial charge in [-0.2, -0.15) is 0 Å². The highest BCUT2D eigenvalue weighted by atomic mass is 16.5. The van der Waals surface area contributed by atoms with Gasteiger partial charge in [0.25, 0.3) is 0 Å². The maximum Gasteiger partial charge on any atom is 0.192 e. The fourth-order valence-electron chi connectivity index (χ4n) is 3.53. The molecule has 0 aromatic heterocycles. The van der Waals surface area contributed by atoms with Crippen molar-refractivity contribution in [3.8, 4) is 0 Å². The number of aliphatic imine (C=N–C) groups is 1. The quantitative estimate of drug-likeness (QED) is 0.916. The summed E-state index contributed by atoms with van der Waals surface area (Å²) in [5.41, 5.74) is 8.71. The van der Waals surface area contributed by atoms with Crippen LogP contribution >= 0.6 is 0 Å². The highest BCUT2D eigenvalue weighted by Crippen LogP contribution is 2.35. The van der Waals surface area contributed by atoms with E-state index in [4.69, 9.17) is 10.5 Å². The van der Waals surface area contributed by atoms with Crippen LogP contribution in [0.5, 0.6) is 0 Å². The molecular weight excluding hydrogens is 250 g/mol. The molecule has 1 aromatic carbocycles. The van der Waals surface area contributed by atoms with Crippen LogP contribution in [0.15, 0.2) is 29.3 Å². The van der Waals surface area contributed by atoms with Gasteiger partial charge in [-0.3, -0.25) is 4.99 Å². The lowest BCUT2D eigenvalue weighted by Gasteiger charge is -2.33. The van der Waals surface area contributed by atoms with Crippen LogP contribution in [-0.2, 0) is 11.3 Å². The van der Waals surface area contributed by atoms with Gasteiger partial charge < -0.3 is 15.4 Å². The van der Waals surface area contributed by atoms with Gasteiger partial charge >= 0.3 is 0 Å². The van der Waals surface area contributed by atoms with E-state index in [1.54, 1.807) is 7.11 Å². The Kier molecular flexibility index (Phi) is 3.92. The monoisotopic (exact) mass is 273 g/mol. The zero-order valence-electron chi connectivity index (χ0n) is 12.1. The average molecular weight is 273 g/mol. The van der Waals surface area contributed by atoms with Crippen LogP contribution in [0.25, 0.3) is 0 Å². The lowest BCUT2D eigenvalue weighted by Crippen LogP contribution is -2.42. The Morgan fingerprint density at radius 3 is 2.80 bits per heavy atom. The van der Waals surface area contributed by atoms with Gasteiger partial charge in [0.2, 0.25) is 0 Å². The van der Waals surface area contributed by atoms with Crippen LogP contribution in [0.3, 0.4) is 0 Å². The number of nitrogens with two attached hydrogens (primary N) is 1. The first kappa shape index (κ1) is 13.4. The zero-order valence-corrected chi connectivity index (χ0v) is 12.1. The third-order valence-electron chi connectivity index (χ3n) is 4.46. The van der Waals surface area contributed by atoms with Crippen molar-refractivity contribution in [3.63, 3.8) is 0 Å². The van der Waals surface area contributed by atoms with Gasteiger partial charge in [0.05, 0.1) is 19.2 Å². The third kappa shape index (κ3) is 2.40. The molecule has 1 aliphatic carbocycles. The molecule has 2 N–H and O–H groups in total. The van der Waals surface area contributed by atoms with Gasteiger partial charge in [-0.05, 0) is 24.0 Å². The van der Waals surface area contributed by atoms with Crippen molar-refractivity contribution in [2.45, 2.75) is 44.4 Å². The first-order valence-electron chi connectivity index (χ1n) is 7.46. The molecular formula is C16H23N3O. The second kappa shape index (κ2) is 5.83. The number of rotatable bonds is 4. The van der Waals surface area contributed by atoms with Gasteiger partial charge in [0, 0.05) is 13.2 Å². The van der Waals surface area contributed by atoms with Gasteiger partial charge in [-0.25, -0.2) is 0 Å². The maximum atomic E-state index is 6.16. The molecule has 0 saturated heterocycles. The van der Waals surface area contributed by atoms with E-state index in [-0.39, 0.29) is 6.04 Å². The SMILES string of the molecule is COCc1ccccc1C1CN=C(N)N1C1CCCC1. The minimum Gasteiger partial charge on any atom is -0.380 e. The van der Waals surface area contributed by atoms with Crippen molar-refractivity contribution >= 4 is 5.96 Å². The molecule has 2 aliphatic rings. The zero-order chi connectivity index (χ0) is 13.9. The van der Waals surface area contributed by atoms with Gasteiger partial charge in [-0.1, -0.05) is 37.1 Å². The van der Waals surface area contributed by atoms with Crippen molar-refractivity contribution in [3.05, 3.63) is 35.4 Å². The highest BCUT2D eigenvalue weighted by Gasteiger charge is 2.35. The standard InChI is InChI=1S/C16H23N3O/c1-20-11-12-6-2-5-9-14(12)15-10-18-16(17)19(15)13-7-3-4-8-13/h2,5-6,9,13,15H,3-4,7-8,10-11H2,1H3,(H2,17,18). The second-order valence-corrected chi connectivity index (χ2v) is 5.69. The molecule has 1 aliphatic heterocycles. The molecule has 4 nitrogen and oxygen atoms in total. The van der Waals surface area contributed by atoms with E-state index in [2.05, 4.69) is 34.2 Å². The number of guanidine groups is 1. The Morgan fingerprint density at radius 2 is 2.05 bits per heavy atom. The number of hydrogen-bond donors (Lipinski definition) is 1. The summed E-state index contributed by atoms with van der Waals surface area (Å²) in [5.74, 6) is 0.717. The summed E-state index contributed by atoms with van der Waals surface area (Å²) in [4.78, 5) is 6.85. The molecule has 0 spiro atoms. The van der Waals surface area contributed by atoms with Crippen molar-refractivity contribution in [1.29, 1.82) is 0 Å². The van der Waals surface area contributed by atoms with Crippen molar-refractivity contribution in [2.24, 2.45) is 10.7 Å². The molecule has 1 unspecified atom stereocenters. The second-order valence-electron chi connectivity index (χ2n) is 5.69. The number of benzene rings is 1. The van der Waals surface area contributed by atoms with E-state index in [1.165, 1.54) is 36.8 Å². The number of ether oxygens (including phenoxy) is 1. The Labute approximate surface area is 120 Å². The molecule has 4 heteroatoms. The van der Waals surface area contributed by atoms with Gasteiger partial charge in [0.15, 0.2) is 5.96 Å². The van der Waals surface area contributed by atoms with Crippen LogP contribution in [-0.4, -0.2) is 30.6 Å². The molecule has 1 atom stereocenters. The van der Waals surface area contributed by atoms with E-state index in [9.17, 15) is 0 Å². The summed E-state index contributed by atoms with van der Waals surface area (Å²) < 4.78 is 5.33. The summed E-state index contributed by atoms with van der Waals surface area (Å²) in [6.07, 6.45) is 5.08. The van der Waals surface area contributed by atoms with Crippen LogP contribution < -0.4 is 5.73 Å². The van der Waals surface area contributed by atoms with Crippen LogP contribution in [0.1, 0.15) is 42.9 Å². The first-order chi connectivity index (χ1) is 9.81. The highest BCUT2D eigenvalue weighted by molar-refractivity contribution is 5.81. The molecule has 0 bridgehead atoms. The summed E-state index contributed by atoms with van der Waals surface area (Å²) in [6.45, 7) is 1.41. The lowest BCUT2D eigenvalue weighted by atomic mass is 9.98. The molecule has 0 amide bonds. The van der Waals surface area contributed by atoms with Crippen molar-refractivity contribution < 1.29 is 4.74 Å². The molecule has 1 saturated carbocycles. The number of methoxy groups -OCH3 is 1. The summed E-state index contributed by atoms with van der Waals surface area (Å²) >= 11 is 0. The minimum absolute atomic E-state index is 0.282. The average Bonchev–Trinajstić information content (AvgIpc) is 3.09. The molecule has 1 fully saturated rings. The maximum absolute atomic E-state index is 6.16.